The number of carbonyl (C=O) groups excluding carboxylic acids is 1. The van der Waals surface area contributed by atoms with E-state index in [1.54, 1.807) is 0 Å². The summed E-state index contributed by atoms with van der Waals surface area (Å²) in [6, 6.07) is 0.418. The van der Waals surface area contributed by atoms with Crippen molar-refractivity contribution in [2.45, 2.75) is 33.2 Å². The lowest BCUT2D eigenvalue weighted by molar-refractivity contribution is -0.136. The minimum absolute atomic E-state index is 0.0775. The van der Waals surface area contributed by atoms with Gasteiger partial charge in [0.05, 0.1) is 10.4 Å². The lowest BCUT2D eigenvalue weighted by atomic mass is 9.86. The first-order chi connectivity index (χ1) is 8.24. The molecule has 3 atom stereocenters. The smallest absolute Gasteiger partial charge is 0.235 e. The third-order valence-corrected chi connectivity index (χ3v) is 4.70. The van der Waals surface area contributed by atoms with Crippen molar-refractivity contribution in [1.29, 1.82) is 0 Å². The van der Waals surface area contributed by atoms with Gasteiger partial charge in [0.1, 0.15) is 0 Å². The lowest BCUT2D eigenvalue weighted by Crippen LogP contribution is -2.48. The highest BCUT2D eigenvalue weighted by Crippen LogP contribution is 2.29. The van der Waals surface area contributed by atoms with Crippen molar-refractivity contribution in [2.24, 2.45) is 17.1 Å². The van der Waals surface area contributed by atoms with Gasteiger partial charge in [0.25, 0.3) is 0 Å². The van der Waals surface area contributed by atoms with E-state index >= 15 is 0 Å². The van der Waals surface area contributed by atoms with Crippen molar-refractivity contribution >= 4 is 23.1 Å². The van der Waals surface area contributed by atoms with Crippen LogP contribution in [0.2, 0.25) is 0 Å². The second-order valence-electron chi connectivity index (χ2n) is 5.77. The standard InChI is InChI=1S/C13H25N3OS/c1-6-13(3,11(14)18)12(17)16-7-9(2)10(8-16)15(4)5/h9-10H,6-8H2,1-5H3,(H2,14,18). The van der Waals surface area contributed by atoms with Crippen LogP contribution >= 0.6 is 12.2 Å². The number of nitrogens with zero attached hydrogens (tertiary/aromatic N) is 2. The molecule has 0 aromatic heterocycles. The highest BCUT2D eigenvalue weighted by molar-refractivity contribution is 7.80. The SMILES string of the molecule is CCC(C)(C(=O)N1CC(C)C(N(C)C)C1)C(N)=S. The molecule has 4 nitrogen and oxygen atoms in total. The molecule has 1 amide bonds. The number of carbonyl (C=O) groups is 1. The number of hydrogen-bond donors (Lipinski definition) is 1. The van der Waals surface area contributed by atoms with Crippen molar-refractivity contribution < 1.29 is 4.79 Å². The average molecular weight is 271 g/mol. The molecule has 0 spiro atoms. The molecular formula is C13H25N3OS. The van der Waals surface area contributed by atoms with Crippen LogP contribution in [0.3, 0.4) is 0 Å². The fourth-order valence-corrected chi connectivity index (χ4v) is 2.80. The van der Waals surface area contributed by atoms with Gasteiger partial charge in [0, 0.05) is 19.1 Å². The van der Waals surface area contributed by atoms with Crippen molar-refractivity contribution in [3.63, 3.8) is 0 Å². The predicted octanol–water partition coefficient (Wildman–Crippen LogP) is 1.10. The molecular weight excluding hydrogens is 246 g/mol. The van der Waals surface area contributed by atoms with Crippen LogP contribution in [0, 0.1) is 11.3 Å². The van der Waals surface area contributed by atoms with E-state index < -0.39 is 5.41 Å². The average Bonchev–Trinajstić information content (AvgIpc) is 2.69. The summed E-state index contributed by atoms with van der Waals surface area (Å²) in [5.74, 6) is 0.560. The van der Waals surface area contributed by atoms with Gasteiger partial charge in [0.2, 0.25) is 5.91 Å². The number of hydrogen-bond acceptors (Lipinski definition) is 3. The van der Waals surface area contributed by atoms with E-state index in [1.165, 1.54) is 0 Å². The Morgan fingerprint density at radius 2 is 2.06 bits per heavy atom. The van der Waals surface area contributed by atoms with E-state index in [9.17, 15) is 4.79 Å². The van der Waals surface area contributed by atoms with Gasteiger partial charge in [-0.15, -0.1) is 0 Å². The molecule has 1 rings (SSSR count). The summed E-state index contributed by atoms with van der Waals surface area (Å²) in [4.78, 5) is 17.0. The highest BCUT2D eigenvalue weighted by Gasteiger charge is 2.42. The molecule has 1 aliphatic rings. The molecule has 0 bridgehead atoms. The molecule has 3 unspecified atom stereocenters. The quantitative estimate of drug-likeness (QED) is 0.778. The number of nitrogens with two attached hydrogens (primary N) is 1. The summed E-state index contributed by atoms with van der Waals surface area (Å²) in [5, 5.41) is 0. The number of likely N-dealkylation sites (tertiary alicyclic amines) is 1. The summed E-state index contributed by atoms with van der Waals surface area (Å²) in [5.41, 5.74) is 5.05. The normalized spacial score (nSPS) is 27.3. The molecule has 5 heteroatoms. The van der Waals surface area contributed by atoms with Crippen molar-refractivity contribution in [2.75, 3.05) is 27.2 Å². The zero-order valence-corrected chi connectivity index (χ0v) is 12.9. The predicted molar refractivity (Wildman–Crippen MR) is 78.4 cm³/mol. The van der Waals surface area contributed by atoms with Crippen molar-refractivity contribution in [3.8, 4) is 0 Å². The first kappa shape index (κ1) is 15.4. The summed E-state index contributed by atoms with van der Waals surface area (Å²) in [6.45, 7) is 7.55. The molecule has 1 heterocycles. The van der Waals surface area contributed by atoms with Crippen LogP contribution in [0.4, 0.5) is 0 Å². The molecule has 0 radical (unpaired) electrons. The van der Waals surface area contributed by atoms with E-state index in [-0.39, 0.29) is 5.91 Å². The van der Waals surface area contributed by atoms with E-state index in [2.05, 4.69) is 25.9 Å². The Hall–Kier alpha value is -0.680. The van der Waals surface area contributed by atoms with Gasteiger partial charge in [-0.05, 0) is 33.4 Å². The summed E-state index contributed by atoms with van der Waals surface area (Å²) in [6.07, 6.45) is 0.651. The van der Waals surface area contributed by atoms with Gasteiger partial charge < -0.3 is 15.5 Å². The van der Waals surface area contributed by atoms with Gasteiger partial charge in [-0.1, -0.05) is 26.1 Å². The minimum Gasteiger partial charge on any atom is -0.392 e. The molecule has 1 fully saturated rings. The molecule has 0 aliphatic carbocycles. The van der Waals surface area contributed by atoms with Gasteiger partial charge >= 0.3 is 0 Å². The number of thiocarbonyl (C=S) groups is 1. The number of amides is 1. The molecule has 1 saturated heterocycles. The van der Waals surface area contributed by atoms with Crippen molar-refractivity contribution in [3.05, 3.63) is 0 Å². The van der Waals surface area contributed by atoms with Crippen molar-refractivity contribution in [1.82, 2.24) is 9.80 Å². The van der Waals surface area contributed by atoms with E-state index in [1.807, 2.05) is 18.7 Å². The molecule has 0 aromatic rings. The van der Waals surface area contributed by atoms with E-state index in [4.69, 9.17) is 18.0 Å². The molecule has 1 aliphatic heterocycles. The summed E-state index contributed by atoms with van der Waals surface area (Å²) in [7, 11) is 4.11. The first-order valence-corrected chi connectivity index (χ1v) is 6.90. The fraction of sp³-hybridized carbons (Fsp3) is 0.846. The zero-order valence-electron chi connectivity index (χ0n) is 12.1. The van der Waals surface area contributed by atoms with Crippen LogP contribution in [0.15, 0.2) is 0 Å². The Balaban J connectivity index is 2.84. The Morgan fingerprint density at radius 1 is 1.50 bits per heavy atom. The second kappa shape index (κ2) is 5.53. The minimum atomic E-state index is -0.698. The maximum atomic E-state index is 12.6. The third kappa shape index (κ3) is 2.67. The van der Waals surface area contributed by atoms with Gasteiger partial charge in [-0.25, -0.2) is 0 Å². The van der Waals surface area contributed by atoms with Crippen LogP contribution in [0.5, 0.6) is 0 Å². The second-order valence-corrected chi connectivity index (χ2v) is 6.21. The lowest BCUT2D eigenvalue weighted by Gasteiger charge is -2.31. The molecule has 104 valence electrons. The van der Waals surface area contributed by atoms with Gasteiger partial charge in [-0.2, -0.15) is 0 Å². The van der Waals surface area contributed by atoms with Crippen LogP contribution in [-0.2, 0) is 4.79 Å². The molecule has 18 heavy (non-hydrogen) atoms. The van der Waals surface area contributed by atoms with Crippen LogP contribution < -0.4 is 5.73 Å². The van der Waals surface area contributed by atoms with Crippen LogP contribution in [-0.4, -0.2) is 53.9 Å². The zero-order chi connectivity index (χ0) is 14.1. The Morgan fingerprint density at radius 3 is 2.39 bits per heavy atom. The maximum absolute atomic E-state index is 12.6. The fourth-order valence-electron chi connectivity index (χ4n) is 2.57. The van der Waals surface area contributed by atoms with Gasteiger partial charge in [0.15, 0.2) is 0 Å². The summed E-state index contributed by atoms with van der Waals surface area (Å²) >= 11 is 5.07. The first-order valence-electron chi connectivity index (χ1n) is 6.49. The largest absolute Gasteiger partial charge is 0.392 e. The number of rotatable bonds is 4. The molecule has 0 aromatic carbocycles. The Kier molecular flexibility index (Phi) is 4.72. The van der Waals surface area contributed by atoms with Crippen LogP contribution in [0.25, 0.3) is 0 Å². The molecule has 2 N–H and O–H groups in total. The number of likely N-dealkylation sites (N-methyl/N-ethyl adjacent to an activating group) is 1. The third-order valence-electron chi connectivity index (χ3n) is 4.25. The topological polar surface area (TPSA) is 49.6 Å². The molecule has 0 saturated carbocycles. The van der Waals surface area contributed by atoms with E-state index in [0.29, 0.717) is 23.4 Å². The monoisotopic (exact) mass is 271 g/mol. The van der Waals surface area contributed by atoms with Crippen LogP contribution in [0.1, 0.15) is 27.2 Å². The van der Waals surface area contributed by atoms with Gasteiger partial charge in [-0.3, -0.25) is 4.79 Å². The highest BCUT2D eigenvalue weighted by atomic mass is 32.1. The maximum Gasteiger partial charge on any atom is 0.235 e. The van der Waals surface area contributed by atoms with E-state index in [0.717, 1.165) is 13.1 Å². The Bertz CT molecular complexity index is 345. The Labute approximate surface area is 115 Å². The summed E-state index contributed by atoms with van der Waals surface area (Å²) < 4.78 is 0.